The number of rotatable bonds is 9. The maximum atomic E-state index is 13.4. The van der Waals surface area contributed by atoms with Crippen LogP contribution in [0.1, 0.15) is 5.56 Å². The first-order valence-electron chi connectivity index (χ1n) is 11.7. The van der Waals surface area contributed by atoms with Crippen LogP contribution in [0, 0.1) is 5.82 Å². The molecule has 0 fully saturated rings. The van der Waals surface area contributed by atoms with Crippen molar-refractivity contribution in [3.05, 3.63) is 95.5 Å². The van der Waals surface area contributed by atoms with E-state index in [-0.39, 0.29) is 24.9 Å². The van der Waals surface area contributed by atoms with Crippen molar-refractivity contribution in [2.24, 2.45) is 0 Å². The van der Waals surface area contributed by atoms with Crippen molar-refractivity contribution in [1.82, 2.24) is 15.0 Å². The number of H-pyrrole nitrogens is 1. The van der Waals surface area contributed by atoms with Gasteiger partial charge in [-0.1, -0.05) is 35.9 Å². The minimum absolute atomic E-state index is 0.00586. The molecule has 0 radical (unpaired) electrons. The second kappa shape index (κ2) is 11.3. The standard InChI is InChI=1S/C28H23ClFN5O3/c1-37-15-26(36)33-20-7-5-18(6-8-20)23-13-24-27(35-23)28(32-16-31-24)34-21-9-10-25(22(29)12-21)38-14-17-3-2-4-19(30)11-17/h2-13,16,35H,14-15H2,1H3,(H,33,36)(H,31,32,34). The number of methoxy groups -OCH3 is 1. The predicted octanol–water partition coefficient (Wildman–Crippen LogP) is 6.32. The van der Waals surface area contributed by atoms with Crippen molar-refractivity contribution in [3.8, 4) is 17.0 Å². The maximum absolute atomic E-state index is 13.4. The molecule has 38 heavy (non-hydrogen) atoms. The number of halogens is 2. The van der Waals surface area contributed by atoms with Gasteiger partial charge in [0.2, 0.25) is 5.91 Å². The lowest BCUT2D eigenvalue weighted by Gasteiger charge is -2.11. The van der Waals surface area contributed by atoms with Gasteiger partial charge in [-0.15, -0.1) is 0 Å². The third kappa shape index (κ3) is 5.91. The number of fused-ring (bicyclic) bond motifs is 1. The molecule has 0 spiro atoms. The Kier molecular flexibility index (Phi) is 7.48. The summed E-state index contributed by atoms with van der Waals surface area (Å²) in [5, 5.41) is 6.45. The molecular weight excluding hydrogens is 509 g/mol. The fourth-order valence-electron chi connectivity index (χ4n) is 3.87. The number of hydrogen-bond acceptors (Lipinski definition) is 6. The molecule has 5 rings (SSSR count). The van der Waals surface area contributed by atoms with Crippen molar-refractivity contribution in [2.75, 3.05) is 24.4 Å². The first-order chi connectivity index (χ1) is 18.5. The molecule has 10 heteroatoms. The van der Waals surface area contributed by atoms with Crippen LogP contribution in [0.15, 0.2) is 79.1 Å². The molecule has 0 aliphatic rings. The third-order valence-corrected chi connectivity index (χ3v) is 5.95. The van der Waals surface area contributed by atoms with Gasteiger partial charge in [0.15, 0.2) is 5.82 Å². The molecular formula is C28H23ClFN5O3. The van der Waals surface area contributed by atoms with Gasteiger partial charge in [0.05, 0.1) is 10.5 Å². The number of aromatic nitrogens is 3. The number of benzene rings is 3. The second-order valence-corrected chi connectivity index (χ2v) is 8.82. The second-order valence-electron chi connectivity index (χ2n) is 8.41. The van der Waals surface area contributed by atoms with Crippen molar-refractivity contribution < 1.29 is 18.7 Å². The largest absolute Gasteiger partial charge is 0.487 e. The molecule has 0 aliphatic heterocycles. The molecule has 0 saturated carbocycles. The zero-order valence-electron chi connectivity index (χ0n) is 20.3. The Morgan fingerprint density at radius 3 is 2.61 bits per heavy atom. The van der Waals surface area contributed by atoms with Crippen LogP contribution in [-0.4, -0.2) is 34.6 Å². The van der Waals surface area contributed by atoms with E-state index >= 15 is 0 Å². The van der Waals surface area contributed by atoms with Gasteiger partial charge in [-0.3, -0.25) is 4.79 Å². The van der Waals surface area contributed by atoms with E-state index in [0.29, 0.717) is 33.5 Å². The predicted molar refractivity (Wildman–Crippen MR) is 145 cm³/mol. The lowest BCUT2D eigenvalue weighted by Crippen LogP contribution is -2.16. The topological polar surface area (TPSA) is 101 Å². The molecule has 0 aliphatic carbocycles. The highest BCUT2D eigenvalue weighted by molar-refractivity contribution is 6.32. The number of aromatic amines is 1. The normalized spacial score (nSPS) is 10.9. The molecule has 3 N–H and O–H groups in total. The summed E-state index contributed by atoms with van der Waals surface area (Å²) >= 11 is 6.44. The average molecular weight is 532 g/mol. The highest BCUT2D eigenvalue weighted by Crippen LogP contribution is 2.32. The maximum Gasteiger partial charge on any atom is 0.250 e. The van der Waals surface area contributed by atoms with Crippen molar-refractivity contribution in [2.45, 2.75) is 6.61 Å². The van der Waals surface area contributed by atoms with Crippen LogP contribution >= 0.6 is 11.6 Å². The molecule has 5 aromatic rings. The average Bonchev–Trinajstić information content (AvgIpc) is 3.34. The zero-order valence-corrected chi connectivity index (χ0v) is 21.1. The Balaban J connectivity index is 1.31. The Bertz CT molecular complexity index is 1590. The number of amides is 1. The Morgan fingerprint density at radius 1 is 1.03 bits per heavy atom. The molecule has 2 heterocycles. The van der Waals surface area contributed by atoms with E-state index in [1.165, 1.54) is 25.6 Å². The highest BCUT2D eigenvalue weighted by Gasteiger charge is 2.12. The third-order valence-electron chi connectivity index (χ3n) is 5.65. The van der Waals surface area contributed by atoms with E-state index in [9.17, 15) is 9.18 Å². The lowest BCUT2D eigenvalue weighted by molar-refractivity contribution is -0.119. The van der Waals surface area contributed by atoms with Crippen LogP contribution in [0.2, 0.25) is 5.02 Å². The SMILES string of the molecule is COCC(=O)Nc1ccc(-c2cc3ncnc(Nc4ccc(OCc5cccc(F)c5)c(Cl)c4)c3[nH]2)cc1. The minimum atomic E-state index is -0.316. The zero-order chi connectivity index (χ0) is 26.5. The number of anilines is 3. The van der Waals surface area contributed by atoms with Gasteiger partial charge < -0.3 is 25.1 Å². The molecule has 1 amide bonds. The Labute approximate surface area is 222 Å². The molecule has 8 nitrogen and oxygen atoms in total. The summed E-state index contributed by atoms with van der Waals surface area (Å²) in [6.45, 7) is 0.191. The van der Waals surface area contributed by atoms with Crippen LogP contribution in [0.4, 0.5) is 21.6 Å². The smallest absolute Gasteiger partial charge is 0.250 e. The Hall–Kier alpha value is -4.47. The quantitative estimate of drug-likeness (QED) is 0.205. The molecule has 0 saturated heterocycles. The monoisotopic (exact) mass is 531 g/mol. The van der Waals surface area contributed by atoms with Gasteiger partial charge >= 0.3 is 0 Å². The number of carbonyl (C=O) groups is 1. The number of carbonyl (C=O) groups excluding carboxylic acids is 1. The molecule has 0 unspecified atom stereocenters. The molecule has 0 bridgehead atoms. The van der Waals surface area contributed by atoms with E-state index in [1.54, 1.807) is 24.3 Å². The summed E-state index contributed by atoms with van der Waals surface area (Å²) in [6.07, 6.45) is 1.48. The van der Waals surface area contributed by atoms with Crippen LogP contribution in [0.25, 0.3) is 22.3 Å². The van der Waals surface area contributed by atoms with Crippen LogP contribution in [0.3, 0.4) is 0 Å². The number of ether oxygens (including phenoxy) is 2. The van der Waals surface area contributed by atoms with E-state index in [2.05, 4.69) is 25.6 Å². The van der Waals surface area contributed by atoms with Gasteiger partial charge in [-0.25, -0.2) is 14.4 Å². The molecule has 2 aromatic heterocycles. The van der Waals surface area contributed by atoms with Gasteiger partial charge in [0.25, 0.3) is 0 Å². The van der Waals surface area contributed by atoms with Crippen LogP contribution in [0.5, 0.6) is 5.75 Å². The van der Waals surface area contributed by atoms with Crippen molar-refractivity contribution in [1.29, 1.82) is 0 Å². The van der Waals surface area contributed by atoms with E-state index in [1.807, 2.05) is 36.4 Å². The van der Waals surface area contributed by atoms with E-state index in [4.69, 9.17) is 21.1 Å². The molecule has 0 atom stereocenters. The number of nitrogens with one attached hydrogen (secondary N) is 3. The summed E-state index contributed by atoms with van der Waals surface area (Å²) in [5.41, 5.74) is 5.31. The minimum Gasteiger partial charge on any atom is -0.487 e. The Morgan fingerprint density at radius 2 is 1.84 bits per heavy atom. The van der Waals surface area contributed by atoms with Crippen molar-refractivity contribution >= 4 is 45.7 Å². The number of nitrogens with zero attached hydrogens (tertiary/aromatic N) is 2. The van der Waals surface area contributed by atoms with Gasteiger partial charge in [-0.05, 0) is 59.7 Å². The first-order valence-corrected chi connectivity index (χ1v) is 12.0. The summed E-state index contributed by atoms with van der Waals surface area (Å²) < 4.78 is 24.0. The first kappa shape index (κ1) is 25.2. The van der Waals surface area contributed by atoms with Gasteiger partial charge in [0, 0.05) is 24.2 Å². The fourth-order valence-corrected chi connectivity index (χ4v) is 4.11. The fraction of sp³-hybridized carbons (Fsp3) is 0.107. The van der Waals surface area contributed by atoms with Crippen molar-refractivity contribution in [3.63, 3.8) is 0 Å². The van der Waals surface area contributed by atoms with Gasteiger partial charge in [-0.2, -0.15) is 0 Å². The van der Waals surface area contributed by atoms with Crippen LogP contribution < -0.4 is 15.4 Å². The van der Waals surface area contributed by atoms with Gasteiger partial charge in [0.1, 0.15) is 36.6 Å². The molecule has 192 valence electrons. The molecule has 3 aromatic carbocycles. The summed E-state index contributed by atoms with van der Waals surface area (Å²) in [6, 6.07) is 20.9. The highest BCUT2D eigenvalue weighted by atomic mass is 35.5. The lowest BCUT2D eigenvalue weighted by atomic mass is 10.1. The summed E-state index contributed by atoms with van der Waals surface area (Å²) in [4.78, 5) is 23.8. The van der Waals surface area contributed by atoms with Crippen LogP contribution in [-0.2, 0) is 16.1 Å². The summed E-state index contributed by atoms with van der Waals surface area (Å²) in [5.74, 6) is 0.527. The number of hydrogen-bond donors (Lipinski definition) is 3. The summed E-state index contributed by atoms with van der Waals surface area (Å²) in [7, 11) is 1.47. The van der Waals surface area contributed by atoms with E-state index in [0.717, 1.165) is 22.3 Å². The van der Waals surface area contributed by atoms with E-state index < -0.39 is 0 Å².